The Morgan fingerprint density at radius 1 is 1.82 bits per heavy atom. The Balaban J connectivity index is 2.57. The number of ketones is 1. The first-order valence-corrected chi connectivity index (χ1v) is 3.36. The third kappa shape index (κ3) is 2.04. The number of hydrogen-bond acceptors (Lipinski definition) is 2. The lowest BCUT2D eigenvalue weighted by atomic mass is 10.1. The van der Waals surface area contributed by atoms with Crippen molar-refractivity contribution in [3.63, 3.8) is 0 Å². The normalized spacial score (nSPS) is 9.55. The summed E-state index contributed by atoms with van der Waals surface area (Å²) in [6.07, 6.45) is 3.57. The average Bonchev–Trinajstić information content (AvgIpc) is 2.39. The maximum Gasteiger partial charge on any atom is 0.163 e. The van der Waals surface area contributed by atoms with Gasteiger partial charge in [-0.25, -0.2) is 4.98 Å². The summed E-state index contributed by atoms with van der Waals surface area (Å²) in [5, 5.41) is 0. The second-order valence-corrected chi connectivity index (χ2v) is 2.46. The smallest absolute Gasteiger partial charge is 0.163 e. The first kappa shape index (κ1) is 7.72. The van der Waals surface area contributed by atoms with E-state index in [-0.39, 0.29) is 5.78 Å². The highest BCUT2D eigenvalue weighted by atomic mass is 16.1. The SMILES string of the molecule is C=C(C)C(=O)Cc1cnc[nH]1. The number of aromatic amines is 1. The number of nitrogens with one attached hydrogen (secondary N) is 1. The van der Waals surface area contributed by atoms with Crippen molar-refractivity contribution in [1.82, 2.24) is 9.97 Å². The minimum absolute atomic E-state index is 0.0502. The summed E-state index contributed by atoms with van der Waals surface area (Å²) >= 11 is 0. The van der Waals surface area contributed by atoms with Crippen molar-refractivity contribution in [3.8, 4) is 0 Å². The summed E-state index contributed by atoms with van der Waals surface area (Å²) in [6.45, 7) is 5.26. The molecule has 3 heteroatoms. The van der Waals surface area contributed by atoms with Crippen LogP contribution in [-0.2, 0) is 11.2 Å². The highest BCUT2D eigenvalue weighted by Gasteiger charge is 2.03. The topological polar surface area (TPSA) is 45.8 Å². The molecule has 0 unspecified atom stereocenters. The van der Waals surface area contributed by atoms with Gasteiger partial charge in [-0.3, -0.25) is 4.79 Å². The second kappa shape index (κ2) is 3.14. The molecule has 0 fully saturated rings. The number of Topliss-reactive ketones (excluding diaryl/α,β-unsaturated/α-hetero) is 1. The van der Waals surface area contributed by atoms with Gasteiger partial charge in [0.2, 0.25) is 0 Å². The molecule has 58 valence electrons. The molecule has 1 rings (SSSR count). The van der Waals surface area contributed by atoms with Crippen LogP contribution in [0.25, 0.3) is 0 Å². The van der Waals surface area contributed by atoms with Crippen molar-refractivity contribution in [2.24, 2.45) is 0 Å². The molecule has 0 aliphatic carbocycles. The van der Waals surface area contributed by atoms with Crippen molar-refractivity contribution in [2.45, 2.75) is 13.3 Å². The van der Waals surface area contributed by atoms with E-state index in [0.29, 0.717) is 12.0 Å². The molecule has 0 saturated carbocycles. The van der Waals surface area contributed by atoms with Gasteiger partial charge in [0.1, 0.15) is 0 Å². The molecule has 0 spiro atoms. The highest BCUT2D eigenvalue weighted by Crippen LogP contribution is 1.98. The Morgan fingerprint density at radius 3 is 3.00 bits per heavy atom. The lowest BCUT2D eigenvalue weighted by Gasteiger charge is -1.94. The first-order chi connectivity index (χ1) is 5.20. The fraction of sp³-hybridized carbons (Fsp3) is 0.250. The molecule has 0 aliphatic rings. The molecule has 3 nitrogen and oxygen atoms in total. The molecule has 0 aliphatic heterocycles. The van der Waals surface area contributed by atoms with E-state index in [9.17, 15) is 4.79 Å². The van der Waals surface area contributed by atoms with E-state index in [1.54, 1.807) is 19.4 Å². The Morgan fingerprint density at radius 2 is 2.55 bits per heavy atom. The molecule has 0 amide bonds. The summed E-state index contributed by atoms with van der Waals surface area (Å²) in [5.74, 6) is 0.0502. The van der Waals surface area contributed by atoms with Crippen LogP contribution in [0.4, 0.5) is 0 Å². The van der Waals surface area contributed by atoms with Crippen LogP contribution < -0.4 is 0 Å². The van der Waals surface area contributed by atoms with Crippen molar-refractivity contribution in [2.75, 3.05) is 0 Å². The monoisotopic (exact) mass is 150 g/mol. The van der Waals surface area contributed by atoms with Gasteiger partial charge in [-0.1, -0.05) is 6.58 Å². The third-order valence-electron chi connectivity index (χ3n) is 1.38. The van der Waals surface area contributed by atoms with E-state index in [1.165, 1.54) is 0 Å². The van der Waals surface area contributed by atoms with Crippen LogP contribution >= 0.6 is 0 Å². The van der Waals surface area contributed by atoms with E-state index < -0.39 is 0 Å². The van der Waals surface area contributed by atoms with E-state index in [4.69, 9.17) is 0 Å². The summed E-state index contributed by atoms with van der Waals surface area (Å²) in [4.78, 5) is 17.7. The van der Waals surface area contributed by atoms with Gasteiger partial charge in [0.15, 0.2) is 5.78 Å². The van der Waals surface area contributed by atoms with Crippen LogP contribution in [0.2, 0.25) is 0 Å². The Kier molecular flexibility index (Phi) is 2.21. The van der Waals surface area contributed by atoms with E-state index in [2.05, 4.69) is 16.5 Å². The van der Waals surface area contributed by atoms with Crippen LogP contribution in [0.3, 0.4) is 0 Å². The van der Waals surface area contributed by atoms with E-state index in [1.807, 2.05) is 0 Å². The quantitative estimate of drug-likeness (QED) is 0.656. The Labute approximate surface area is 65.2 Å². The van der Waals surface area contributed by atoms with E-state index in [0.717, 1.165) is 5.69 Å². The van der Waals surface area contributed by atoms with Gasteiger partial charge in [0, 0.05) is 11.9 Å². The third-order valence-corrected chi connectivity index (χ3v) is 1.38. The number of nitrogens with zero attached hydrogens (tertiary/aromatic N) is 1. The fourth-order valence-corrected chi connectivity index (χ4v) is 0.705. The van der Waals surface area contributed by atoms with Crippen molar-refractivity contribution in [1.29, 1.82) is 0 Å². The Hall–Kier alpha value is -1.38. The molecule has 1 aromatic rings. The van der Waals surface area contributed by atoms with Gasteiger partial charge in [-0.05, 0) is 12.5 Å². The fourth-order valence-electron chi connectivity index (χ4n) is 0.705. The predicted molar refractivity (Wildman–Crippen MR) is 42.1 cm³/mol. The standard InChI is InChI=1S/C8H10N2O/c1-6(2)8(11)3-7-4-9-5-10-7/h4-5H,1,3H2,2H3,(H,9,10). The lowest BCUT2D eigenvalue weighted by molar-refractivity contribution is -0.114. The zero-order valence-corrected chi connectivity index (χ0v) is 6.42. The summed E-state index contributed by atoms with van der Waals surface area (Å²) in [6, 6.07) is 0. The average molecular weight is 150 g/mol. The summed E-state index contributed by atoms with van der Waals surface area (Å²) < 4.78 is 0. The van der Waals surface area contributed by atoms with E-state index >= 15 is 0 Å². The molecule has 11 heavy (non-hydrogen) atoms. The number of carbonyl (C=O) groups excluding carboxylic acids is 1. The molecule has 1 heterocycles. The van der Waals surface area contributed by atoms with Gasteiger partial charge in [0.05, 0.1) is 12.7 Å². The summed E-state index contributed by atoms with van der Waals surface area (Å²) in [7, 11) is 0. The van der Waals surface area contributed by atoms with Gasteiger partial charge < -0.3 is 4.98 Å². The molecule has 1 aromatic heterocycles. The molecule has 0 radical (unpaired) electrons. The number of hydrogen-bond donors (Lipinski definition) is 1. The van der Waals surface area contributed by atoms with Crippen LogP contribution in [0.1, 0.15) is 12.6 Å². The van der Waals surface area contributed by atoms with Gasteiger partial charge in [0.25, 0.3) is 0 Å². The number of H-pyrrole nitrogens is 1. The number of allylic oxidation sites excluding steroid dienone is 1. The Bertz CT molecular complexity index is 262. The maximum atomic E-state index is 11.1. The number of imidazole rings is 1. The summed E-state index contributed by atoms with van der Waals surface area (Å²) in [5.41, 5.74) is 1.41. The van der Waals surface area contributed by atoms with Crippen molar-refractivity contribution < 1.29 is 4.79 Å². The molecule has 0 saturated heterocycles. The molecule has 1 N–H and O–H groups in total. The van der Waals surface area contributed by atoms with Crippen LogP contribution in [-0.4, -0.2) is 15.8 Å². The number of aromatic nitrogens is 2. The molecule has 0 atom stereocenters. The molecule has 0 aromatic carbocycles. The van der Waals surface area contributed by atoms with Gasteiger partial charge >= 0.3 is 0 Å². The largest absolute Gasteiger partial charge is 0.348 e. The van der Waals surface area contributed by atoms with Crippen LogP contribution in [0.5, 0.6) is 0 Å². The second-order valence-electron chi connectivity index (χ2n) is 2.46. The predicted octanol–water partition coefficient (Wildman–Crippen LogP) is 1.10. The zero-order chi connectivity index (χ0) is 8.27. The van der Waals surface area contributed by atoms with Crippen molar-refractivity contribution >= 4 is 5.78 Å². The lowest BCUT2D eigenvalue weighted by Crippen LogP contribution is -2.02. The minimum atomic E-state index is 0.0502. The van der Waals surface area contributed by atoms with Gasteiger partial charge in [-0.2, -0.15) is 0 Å². The first-order valence-electron chi connectivity index (χ1n) is 3.36. The highest BCUT2D eigenvalue weighted by molar-refractivity contribution is 5.95. The molecular formula is C8H10N2O. The van der Waals surface area contributed by atoms with Gasteiger partial charge in [-0.15, -0.1) is 0 Å². The van der Waals surface area contributed by atoms with Crippen molar-refractivity contribution in [3.05, 3.63) is 30.4 Å². The van der Waals surface area contributed by atoms with Crippen LogP contribution in [0.15, 0.2) is 24.7 Å². The van der Waals surface area contributed by atoms with Crippen LogP contribution in [0, 0.1) is 0 Å². The number of carbonyl (C=O) groups is 1. The number of rotatable bonds is 3. The minimum Gasteiger partial charge on any atom is -0.348 e. The molecule has 0 bridgehead atoms. The zero-order valence-electron chi connectivity index (χ0n) is 6.42. The maximum absolute atomic E-state index is 11.1. The molecular weight excluding hydrogens is 140 g/mol.